The second-order valence-electron chi connectivity index (χ2n) is 8.20. The van der Waals surface area contributed by atoms with Gasteiger partial charge in [-0.1, -0.05) is 30.6 Å². The highest BCUT2D eigenvalue weighted by Gasteiger charge is 2.09. The van der Waals surface area contributed by atoms with Crippen LogP contribution in [0.1, 0.15) is 61.4 Å². The molecule has 1 unspecified atom stereocenters. The van der Waals surface area contributed by atoms with E-state index in [2.05, 4.69) is 10.5 Å². The molecule has 1 rings (SSSR count). The summed E-state index contributed by atoms with van der Waals surface area (Å²) in [4.78, 5) is 28.7. The lowest BCUT2D eigenvalue weighted by Gasteiger charge is -2.14. The van der Waals surface area contributed by atoms with Gasteiger partial charge in [-0.05, 0) is 49.8 Å². The van der Waals surface area contributed by atoms with Gasteiger partial charge in [0.1, 0.15) is 12.7 Å². The first-order valence-corrected chi connectivity index (χ1v) is 11.9. The third-order valence-corrected chi connectivity index (χ3v) is 5.27. The van der Waals surface area contributed by atoms with Crippen molar-refractivity contribution < 1.29 is 28.6 Å². The Kier molecular flexibility index (Phi) is 16.4. The Morgan fingerprint density at radius 3 is 2.71 bits per heavy atom. The average molecular weight is 480 g/mol. The van der Waals surface area contributed by atoms with E-state index in [0.717, 1.165) is 44.1 Å². The maximum atomic E-state index is 12.3. The van der Waals surface area contributed by atoms with Crippen LogP contribution in [0.25, 0.3) is 0 Å². The standard InChI is InChI=1S/C25H41N3O6/c1-20(24(26)29)10-5-7-13-27-25(30)22-12-9-11-21(16-22)17-34-28-14-6-4-8-15-33-19-23(32-3)18-31-2/h9,11-12,14,16,20,23H,4-8,10,13,15,17-19H2,1-3H3,(H2,26,29)(H,27,30)/b28-14-/t20-,23?/m0/s1. The van der Waals surface area contributed by atoms with E-state index >= 15 is 0 Å². The fraction of sp³-hybridized carbons (Fsp3) is 0.640. The number of primary amides is 1. The molecular formula is C25H41N3O6. The average Bonchev–Trinajstić information content (AvgIpc) is 2.84. The summed E-state index contributed by atoms with van der Waals surface area (Å²) >= 11 is 0. The van der Waals surface area contributed by atoms with Gasteiger partial charge in [0.05, 0.1) is 13.2 Å². The molecule has 0 aliphatic rings. The minimum absolute atomic E-state index is 0.0343. The van der Waals surface area contributed by atoms with Crippen molar-refractivity contribution in [2.24, 2.45) is 16.8 Å². The highest BCUT2D eigenvalue weighted by atomic mass is 16.6. The van der Waals surface area contributed by atoms with Crippen molar-refractivity contribution in [3.8, 4) is 0 Å². The molecule has 34 heavy (non-hydrogen) atoms. The van der Waals surface area contributed by atoms with Gasteiger partial charge in [-0.25, -0.2) is 0 Å². The lowest BCUT2D eigenvalue weighted by Crippen LogP contribution is -2.25. The summed E-state index contributed by atoms with van der Waals surface area (Å²) < 4.78 is 15.9. The second-order valence-corrected chi connectivity index (χ2v) is 8.20. The molecule has 2 amide bonds. The Balaban J connectivity index is 2.16. The van der Waals surface area contributed by atoms with E-state index in [9.17, 15) is 9.59 Å². The fourth-order valence-electron chi connectivity index (χ4n) is 3.07. The SMILES string of the molecule is COCC(COCCCC/C=N\OCc1cccc(C(=O)NCCCC[C@H](C)C(N)=O)c1)OC. The number of carbonyl (C=O) groups excluding carboxylic acids is 2. The lowest BCUT2D eigenvalue weighted by molar-refractivity contribution is -0.121. The molecule has 9 heteroatoms. The van der Waals surface area contributed by atoms with Crippen LogP contribution < -0.4 is 11.1 Å². The Hall–Kier alpha value is -2.49. The highest BCUT2D eigenvalue weighted by Crippen LogP contribution is 2.09. The molecule has 9 nitrogen and oxygen atoms in total. The molecule has 0 fully saturated rings. The van der Waals surface area contributed by atoms with Gasteiger partial charge < -0.3 is 30.1 Å². The smallest absolute Gasteiger partial charge is 0.251 e. The van der Waals surface area contributed by atoms with Gasteiger partial charge in [-0.3, -0.25) is 9.59 Å². The van der Waals surface area contributed by atoms with E-state index in [1.165, 1.54) is 0 Å². The quantitative estimate of drug-likeness (QED) is 0.168. The zero-order chi connectivity index (χ0) is 25.0. The number of nitrogens with two attached hydrogens (primary N) is 1. The molecule has 1 aromatic carbocycles. The Labute approximate surface area is 203 Å². The molecule has 0 spiro atoms. The highest BCUT2D eigenvalue weighted by molar-refractivity contribution is 5.94. The maximum Gasteiger partial charge on any atom is 0.251 e. The number of nitrogens with zero attached hydrogens (tertiary/aromatic N) is 1. The Morgan fingerprint density at radius 1 is 1.15 bits per heavy atom. The van der Waals surface area contributed by atoms with Crippen molar-refractivity contribution in [3.63, 3.8) is 0 Å². The molecule has 3 N–H and O–H groups in total. The molecule has 0 aromatic heterocycles. The lowest BCUT2D eigenvalue weighted by atomic mass is 10.0. The molecule has 2 atom stereocenters. The van der Waals surface area contributed by atoms with Crippen LogP contribution in [0.15, 0.2) is 29.4 Å². The van der Waals surface area contributed by atoms with Crippen molar-refractivity contribution in [3.05, 3.63) is 35.4 Å². The topological polar surface area (TPSA) is 121 Å². The minimum Gasteiger partial charge on any atom is -0.391 e. The van der Waals surface area contributed by atoms with Crippen LogP contribution in [0.5, 0.6) is 0 Å². The molecule has 1 aromatic rings. The molecule has 0 bridgehead atoms. The van der Waals surface area contributed by atoms with Gasteiger partial charge in [0, 0.05) is 45.1 Å². The summed E-state index contributed by atoms with van der Waals surface area (Å²) in [6.07, 6.45) is 6.76. The number of unbranched alkanes of at least 4 members (excludes halogenated alkanes) is 3. The first-order chi connectivity index (χ1) is 16.5. The number of rotatable bonds is 20. The molecule has 0 saturated carbocycles. The van der Waals surface area contributed by atoms with Gasteiger partial charge in [-0.15, -0.1) is 0 Å². The van der Waals surface area contributed by atoms with Crippen LogP contribution in [-0.4, -0.2) is 64.7 Å². The van der Waals surface area contributed by atoms with Crippen molar-refractivity contribution in [1.29, 1.82) is 0 Å². The summed E-state index contributed by atoms with van der Waals surface area (Å²) in [5, 5.41) is 6.89. The number of benzene rings is 1. The number of methoxy groups -OCH3 is 2. The molecule has 0 saturated heterocycles. The van der Waals surface area contributed by atoms with Crippen LogP contribution in [0, 0.1) is 5.92 Å². The molecule has 0 radical (unpaired) electrons. The monoisotopic (exact) mass is 479 g/mol. The largest absolute Gasteiger partial charge is 0.391 e. The van der Waals surface area contributed by atoms with Gasteiger partial charge in [0.25, 0.3) is 5.91 Å². The van der Waals surface area contributed by atoms with Gasteiger partial charge in [0.2, 0.25) is 5.91 Å². The third-order valence-electron chi connectivity index (χ3n) is 5.27. The number of oxime groups is 1. The first kappa shape index (κ1) is 29.5. The maximum absolute atomic E-state index is 12.3. The summed E-state index contributed by atoms with van der Waals surface area (Å²) in [7, 11) is 3.29. The summed E-state index contributed by atoms with van der Waals surface area (Å²) in [5.41, 5.74) is 6.70. The van der Waals surface area contributed by atoms with Crippen molar-refractivity contribution in [2.45, 2.75) is 58.2 Å². The van der Waals surface area contributed by atoms with E-state index in [1.54, 1.807) is 32.6 Å². The zero-order valence-corrected chi connectivity index (χ0v) is 20.8. The van der Waals surface area contributed by atoms with Crippen molar-refractivity contribution in [2.75, 3.05) is 40.6 Å². The predicted octanol–water partition coefficient (Wildman–Crippen LogP) is 3.06. The fourth-order valence-corrected chi connectivity index (χ4v) is 3.07. The van der Waals surface area contributed by atoms with Crippen LogP contribution in [0.4, 0.5) is 0 Å². The first-order valence-electron chi connectivity index (χ1n) is 11.9. The van der Waals surface area contributed by atoms with Crippen LogP contribution in [0.2, 0.25) is 0 Å². The molecule has 0 aliphatic heterocycles. The number of carbonyl (C=O) groups is 2. The normalized spacial score (nSPS) is 13.0. The van der Waals surface area contributed by atoms with Crippen LogP contribution >= 0.6 is 0 Å². The van der Waals surface area contributed by atoms with E-state index in [1.807, 2.05) is 19.1 Å². The van der Waals surface area contributed by atoms with E-state index in [4.69, 9.17) is 24.8 Å². The summed E-state index contributed by atoms with van der Waals surface area (Å²) in [6.45, 7) is 4.38. The summed E-state index contributed by atoms with van der Waals surface area (Å²) in [6, 6.07) is 7.29. The second kappa shape index (κ2) is 18.9. The van der Waals surface area contributed by atoms with E-state index in [0.29, 0.717) is 38.5 Å². The molecular weight excluding hydrogens is 438 g/mol. The Morgan fingerprint density at radius 2 is 1.97 bits per heavy atom. The van der Waals surface area contributed by atoms with E-state index in [-0.39, 0.29) is 23.8 Å². The summed E-state index contributed by atoms with van der Waals surface area (Å²) in [5.74, 6) is -0.550. The minimum atomic E-state index is -0.285. The van der Waals surface area contributed by atoms with E-state index < -0.39 is 0 Å². The number of ether oxygens (including phenoxy) is 3. The van der Waals surface area contributed by atoms with Crippen molar-refractivity contribution >= 4 is 18.0 Å². The van der Waals surface area contributed by atoms with Crippen molar-refractivity contribution in [1.82, 2.24) is 5.32 Å². The predicted molar refractivity (Wildman–Crippen MR) is 132 cm³/mol. The zero-order valence-electron chi connectivity index (χ0n) is 20.8. The van der Waals surface area contributed by atoms with Gasteiger partial charge >= 0.3 is 0 Å². The van der Waals surface area contributed by atoms with Crippen LogP contribution in [-0.2, 0) is 30.4 Å². The van der Waals surface area contributed by atoms with Gasteiger partial charge in [-0.2, -0.15) is 0 Å². The third kappa shape index (κ3) is 13.9. The number of hydrogen-bond donors (Lipinski definition) is 2. The molecule has 0 aliphatic carbocycles. The van der Waals surface area contributed by atoms with Crippen LogP contribution in [0.3, 0.4) is 0 Å². The Bertz CT molecular complexity index is 728. The number of hydrogen-bond acceptors (Lipinski definition) is 7. The molecule has 0 heterocycles. The van der Waals surface area contributed by atoms with Gasteiger partial charge in [0.15, 0.2) is 0 Å². The number of amides is 2. The number of nitrogens with one attached hydrogen (secondary N) is 1. The molecule has 192 valence electrons.